The molecule has 2 rings (SSSR count). The van der Waals surface area contributed by atoms with E-state index in [9.17, 15) is 14.0 Å². The Bertz CT molecular complexity index is 548. The van der Waals surface area contributed by atoms with Crippen LogP contribution < -0.4 is 10.2 Å². The van der Waals surface area contributed by atoms with Gasteiger partial charge >= 0.3 is 0 Å². The number of nitrogens with one attached hydrogen (secondary N) is 1. The average molecular weight is 343 g/mol. The van der Waals surface area contributed by atoms with Crippen molar-refractivity contribution in [3.8, 4) is 0 Å². The second kappa shape index (κ2) is 5.91. The molecule has 1 heterocycles. The van der Waals surface area contributed by atoms with E-state index < -0.39 is 11.9 Å². The molecule has 1 aliphatic rings. The topological polar surface area (TPSA) is 49.4 Å². The fourth-order valence-corrected chi connectivity index (χ4v) is 2.70. The van der Waals surface area contributed by atoms with Gasteiger partial charge in [0.25, 0.3) is 0 Å². The van der Waals surface area contributed by atoms with Crippen LogP contribution in [0, 0.1) is 11.7 Å². The summed E-state index contributed by atoms with van der Waals surface area (Å²) in [4.78, 5) is 25.5. The van der Waals surface area contributed by atoms with E-state index in [0.717, 1.165) is 0 Å². The van der Waals surface area contributed by atoms with Crippen molar-refractivity contribution in [1.82, 2.24) is 5.32 Å². The normalized spacial score (nSPS) is 19.4. The maximum Gasteiger partial charge on any atom is 0.250 e. The van der Waals surface area contributed by atoms with E-state index in [-0.39, 0.29) is 24.3 Å². The first kappa shape index (κ1) is 15.0. The first-order chi connectivity index (χ1) is 9.38. The number of anilines is 1. The van der Waals surface area contributed by atoms with Crippen LogP contribution in [-0.2, 0) is 9.59 Å². The summed E-state index contributed by atoms with van der Waals surface area (Å²) < 4.78 is 14.0. The number of hydrogen-bond acceptors (Lipinski definition) is 2. The van der Waals surface area contributed by atoms with Crippen LogP contribution in [0.3, 0.4) is 0 Å². The molecule has 1 fully saturated rings. The molecule has 2 amide bonds. The van der Waals surface area contributed by atoms with Gasteiger partial charge in [-0.25, -0.2) is 4.39 Å². The van der Waals surface area contributed by atoms with Crippen molar-refractivity contribution >= 4 is 33.4 Å². The van der Waals surface area contributed by atoms with E-state index in [4.69, 9.17) is 0 Å². The Hall–Kier alpha value is -1.43. The van der Waals surface area contributed by atoms with Gasteiger partial charge in [-0.3, -0.25) is 14.5 Å². The standard InChI is InChI=1S/C14H16BrFN2O2/c1-8(2)5-11-14(20)18(7-13(19)17-11)12-6-9(16)3-4-10(12)15/h3-4,6,8,11H,5,7H2,1-2H3,(H,17,19). The largest absolute Gasteiger partial charge is 0.343 e. The Morgan fingerprint density at radius 3 is 2.80 bits per heavy atom. The molecule has 0 aliphatic carbocycles. The van der Waals surface area contributed by atoms with Gasteiger partial charge in [-0.1, -0.05) is 13.8 Å². The Kier molecular flexibility index (Phi) is 4.42. The molecule has 20 heavy (non-hydrogen) atoms. The van der Waals surface area contributed by atoms with Gasteiger partial charge in [0.2, 0.25) is 11.8 Å². The van der Waals surface area contributed by atoms with Crippen molar-refractivity contribution in [1.29, 1.82) is 0 Å². The maximum absolute atomic E-state index is 13.4. The number of benzene rings is 1. The molecule has 1 N–H and O–H groups in total. The van der Waals surface area contributed by atoms with Crippen molar-refractivity contribution in [3.63, 3.8) is 0 Å². The predicted molar refractivity (Wildman–Crippen MR) is 77.8 cm³/mol. The molecule has 1 aliphatic heterocycles. The number of amides is 2. The highest BCUT2D eigenvalue weighted by Crippen LogP contribution is 2.29. The van der Waals surface area contributed by atoms with Crippen LogP contribution in [0.5, 0.6) is 0 Å². The highest BCUT2D eigenvalue weighted by Gasteiger charge is 2.34. The molecule has 0 saturated carbocycles. The Morgan fingerprint density at radius 1 is 1.45 bits per heavy atom. The SMILES string of the molecule is CC(C)CC1NC(=O)CN(c2cc(F)ccc2Br)C1=O. The molecule has 1 unspecified atom stereocenters. The smallest absolute Gasteiger partial charge is 0.250 e. The lowest BCUT2D eigenvalue weighted by molar-refractivity contribution is -0.131. The van der Waals surface area contributed by atoms with Crippen LogP contribution in [0.25, 0.3) is 0 Å². The number of rotatable bonds is 3. The molecule has 1 atom stereocenters. The van der Waals surface area contributed by atoms with Crippen molar-refractivity contribution in [2.24, 2.45) is 5.92 Å². The summed E-state index contributed by atoms with van der Waals surface area (Å²) in [7, 11) is 0. The van der Waals surface area contributed by atoms with E-state index in [1.807, 2.05) is 13.8 Å². The Labute approximate surface area is 125 Å². The van der Waals surface area contributed by atoms with Gasteiger partial charge < -0.3 is 5.32 Å². The number of piperazine rings is 1. The van der Waals surface area contributed by atoms with E-state index >= 15 is 0 Å². The number of halogens is 2. The van der Waals surface area contributed by atoms with Gasteiger partial charge in [-0.2, -0.15) is 0 Å². The summed E-state index contributed by atoms with van der Waals surface area (Å²) in [6.07, 6.45) is 0.564. The second-order valence-corrected chi connectivity index (χ2v) is 6.12. The fourth-order valence-electron chi connectivity index (χ4n) is 2.24. The van der Waals surface area contributed by atoms with E-state index in [1.54, 1.807) is 0 Å². The minimum Gasteiger partial charge on any atom is -0.343 e. The quantitative estimate of drug-likeness (QED) is 0.917. The van der Waals surface area contributed by atoms with Crippen LogP contribution in [-0.4, -0.2) is 24.4 Å². The predicted octanol–water partition coefficient (Wildman–Crippen LogP) is 2.47. The van der Waals surface area contributed by atoms with Crippen LogP contribution in [0.2, 0.25) is 0 Å². The lowest BCUT2D eigenvalue weighted by atomic mass is 10.0. The number of hydrogen-bond donors (Lipinski definition) is 1. The molecule has 4 nitrogen and oxygen atoms in total. The van der Waals surface area contributed by atoms with Gasteiger partial charge in [0.15, 0.2) is 0 Å². The van der Waals surface area contributed by atoms with Gasteiger partial charge in [-0.05, 0) is 46.5 Å². The molecule has 1 saturated heterocycles. The highest BCUT2D eigenvalue weighted by molar-refractivity contribution is 9.10. The Morgan fingerprint density at radius 2 is 2.15 bits per heavy atom. The van der Waals surface area contributed by atoms with E-state index in [2.05, 4.69) is 21.2 Å². The van der Waals surface area contributed by atoms with E-state index in [1.165, 1.54) is 23.1 Å². The molecule has 1 aromatic rings. The third-order valence-electron chi connectivity index (χ3n) is 3.11. The maximum atomic E-state index is 13.4. The fraction of sp³-hybridized carbons (Fsp3) is 0.429. The average Bonchev–Trinajstić information content (AvgIpc) is 2.36. The summed E-state index contributed by atoms with van der Waals surface area (Å²) in [6, 6.07) is 3.54. The van der Waals surface area contributed by atoms with Gasteiger partial charge in [0, 0.05) is 4.47 Å². The third kappa shape index (κ3) is 3.17. The summed E-state index contributed by atoms with van der Waals surface area (Å²) >= 11 is 3.29. The molecule has 0 aromatic heterocycles. The van der Waals surface area contributed by atoms with Crippen LogP contribution in [0.15, 0.2) is 22.7 Å². The summed E-state index contributed by atoms with van der Waals surface area (Å²) in [5.41, 5.74) is 0.388. The van der Waals surface area contributed by atoms with Crippen molar-refractivity contribution in [2.75, 3.05) is 11.4 Å². The first-order valence-electron chi connectivity index (χ1n) is 6.44. The van der Waals surface area contributed by atoms with Crippen LogP contribution >= 0.6 is 15.9 Å². The molecule has 0 radical (unpaired) electrons. The Balaban J connectivity index is 2.32. The highest BCUT2D eigenvalue weighted by atomic mass is 79.9. The van der Waals surface area contributed by atoms with Crippen LogP contribution in [0.1, 0.15) is 20.3 Å². The zero-order chi connectivity index (χ0) is 14.9. The van der Waals surface area contributed by atoms with Crippen molar-refractivity contribution < 1.29 is 14.0 Å². The van der Waals surface area contributed by atoms with E-state index in [0.29, 0.717) is 16.6 Å². The van der Waals surface area contributed by atoms with Gasteiger partial charge in [-0.15, -0.1) is 0 Å². The number of carbonyl (C=O) groups is 2. The molecule has 108 valence electrons. The molecule has 1 aromatic carbocycles. The molecule has 0 spiro atoms. The summed E-state index contributed by atoms with van der Waals surface area (Å²) in [6.45, 7) is 3.88. The van der Waals surface area contributed by atoms with Crippen molar-refractivity contribution in [3.05, 3.63) is 28.5 Å². The summed E-state index contributed by atoms with van der Waals surface area (Å²) in [5.74, 6) is -0.599. The molecule has 0 bridgehead atoms. The molecule has 6 heteroatoms. The summed E-state index contributed by atoms with van der Waals surface area (Å²) in [5, 5.41) is 2.69. The minimum atomic E-state index is -0.550. The number of carbonyl (C=O) groups excluding carboxylic acids is 2. The third-order valence-corrected chi connectivity index (χ3v) is 3.78. The first-order valence-corrected chi connectivity index (χ1v) is 7.23. The van der Waals surface area contributed by atoms with Crippen LogP contribution in [0.4, 0.5) is 10.1 Å². The zero-order valence-corrected chi connectivity index (χ0v) is 12.9. The second-order valence-electron chi connectivity index (χ2n) is 5.27. The minimum absolute atomic E-state index is 0.0878. The van der Waals surface area contributed by atoms with Gasteiger partial charge in [0.1, 0.15) is 18.4 Å². The molecular formula is C14H16BrFN2O2. The lowest BCUT2D eigenvalue weighted by Gasteiger charge is -2.33. The lowest BCUT2D eigenvalue weighted by Crippen LogP contribution is -2.58. The number of nitrogens with zero attached hydrogens (tertiary/aromatic N) is 1. The van der Waals surface area contributed by atoms with Crippen molar-refractivity contribution in [2.45, 2.75) is 26.3 Å². The monoisotopic (exact) mass is 342 g/mol. The van der Waals surface area contributed by atoms with Gasteiger partial charge in [0.05, 0.1) is 5.69 Å². The zero-order valence-electron chi connectivity index (χ0n) is 11.3. The molecular weight excluding hydrogens is 327 g/mol.